The van der Waals surface area contributed by atoms with E-state index in [1.165, 1.54) is 12.1 Å². The molecule has 0 heterocycles. The average molecular weight is 326 g/mol. The summed E-state index contributed by atoms with van der Waals surface area (Å²) in [6, 6.07) is 14.3. The normalized spacial score (nSPS) is 10.0. The largest absolute Gasteiger partial charge is 0.513 e. The Morgan fingerprint density at radius 1 is 0.875 bits per heavy atom. The van der Waals surface area contributed by atoms with Crippen LogP contribution in [-0.4, -0.2) is 24.3 Å². The molecular formula is C19H18O5. The van der Waals surface area contributed by atoms with Crippen molar-refractivity contribution < 1.29 is 23.9 Å². The fourth-order valence-corrected chi connectivity index (χ4v) is 2.01. The second-order valence-electron chi connectivity index (χ2n) is 5.07. The van der Waals surface area contributed by atoms with E-state index in [2.05, 4.69) is 0 Å². The number of hydrogen-bond acceptors (Lipinski definition) is 5. The van der Waals surface area contributed by atoms with Crippen molar-refractivity contribution in [2.45, 2.75) is 19.8 Å². The molecule has 2 aromatic carbocycles. The summed E-state index contributed by atoms with van der Waals surface area (Å²) in [6.45, 7) is 2.21. The average Bonchev–Trinajstić information content (AvgIpc) is 2.62. The number of hydrogen-bond donors (Lipinski definition) is 0. The smallest absolute Gasteiger partial charge is 0.434 e. The lowest BCUT2D eigenvalue weighted by atomic mass is 10.0. The highest BCUT2D eigenvalue weighted by molar-refractivity contribution is 6.49. The molecule has 0 unspecified atom stereocenters. The van der Waals surface area contributed by atoms with Crippen LogP contribution in [0, 0.1) is 0 Å². The minimum absolute atomic E-state index is 0.00767. The van der Waals surface area contributed by atoms with Gasteiger partial charge in [0.1, 0.15) is 5.75 Å². The van der Waals surface area contributed by atoms with Gasteiger partial charge >= 0.3 is 6.16 Å². The Kier molecular flexibility index (Phi) is 6.25. The lowest BCUT2D eigenvalue weighted by Gasteiger charge is -2.09. The predicted octanol–water partition coefficient (Wildman–Crippen LogP) is 4.07. The van der Waals surface area contributed by atoms with Crippen molar-refractivity contribution in [3.05, 3.63) is 65.7 Å². The number of benzene rings is 2. The molecule has 0 radical (unpaired) electrons. The van der Waals surface area contributed by atoms with Crippen molar-refractivity contribution in [2.24, 2.45) is 0 Å². The molecule has 0 aliphatic rings. The molecule has 24 heavy (non-hydrogen) atoms. The maximum atomic E-state index is 12.4. The van der Waals surface area contributed by atoms with Crippen LogP contribution >= 0.6 is 0 Å². The molecule has 0 N–H and O–H groups in total. The number of carbonyl (C=O) groups excluding carboxylic acids is 3. The molecule has 0 aliphatic heterocycles. The second kappa shape index (κ2) is 8.62. The molecule has 5 heteroatoms. The third kappa shape index (κ3) is 4.52. The SMILES string of the molecule is CCCCOC(=O)Oc1ccccc1C(=O)C(=O)c1ccccc1. The molecule has 0 aliphatic carbocycles. The maximum absolute atomic E-state index is 12.4. The Labute approximate surface area is 140 Å². The van der Waals surface area contributed by atoms with Crippen LogP contribution in [0.5, 0.6) is 5.75 Å². The fraction of sp³-hybridized carbons (Fsp3) is 0.211. The van der Waals surface area contributed by atoms with Crippen LogP contribution in [0.3, 0.4) is 0 Å². The standard InChI is InChI=1S/C19H18O5/c1-2-3-13-23-19(22)24-16-12-8-7-11-15(16)18(21)17(20)14-9-5-4-6-10-14/h4-12H,2-3,13H2,1H3. The third-order valence-electron chi connectivity index (χ3n) is 3.28. The van der Waals surface area contributed by atoms with Gasteiger partial charge in [-0.3, -0.25) is 9.59 Å². The quantitative estimate of drug-likeness (QED) is 0.252. The highest BCUT2D eigenvalue weighted by Gasteiger charge is 2.22. The van der Waals surface area contributed by atoms with Gasteiger partial charge < -0.3 is 9.47 Å². The van der Waals surface area contributed by atoms with Crippen molar-refractivity contribution in [3.63, 3.8) is 0 Å². The van der Waals surface area contributed by atoms with Gasteiger partial charge in [-0.25, -0.2) is 4.79 Å². The molecule has 0 atom stereocenters. The Balaban J connectivity index is 2.14. The number of rotatable bonds is 7. The summed E-state index contributed by atoms with van der Waals surface area (Å²) in [7, 11) is 0. The van der Waals surface area contributed by atoms with E-state index in [1.54, 1.807) is 42.5 Å². The van der Waals surface area contributed by atoms with Gasteiger partial charge in [-0.1, -0.05) is 55.8 Å². The topological polar surface area (TPSA) is 69.7 Å². The summed E-state index contributed by atoms with van der Waals surface area (Å²) in [5.41, 5.74) is 0.307. The van der Waals surface area contributed by atoms with Crippen LogP contribution in [-0.2, 0) is 4.74 Å². The summed E-state index contributed by atoms with van der Waals surface area (Å²) >= 11 is 0. The zero-order chi connectivity index (χ0) is 17.4. The van der Waals surface area contributed by atoms with Crippen molar-refractivity contribution in [1.82, 2.24) is 0 Å². The van der Waals surface area contributed by atoms with Gasteiger partial charge in [0.15, 0.2) is 0 Å². The molecule has 0 saturated carbocycles. The fourth-order valence-electron chi connectivity index (χ4n) is 2.01. The van der Waals surface area contributed by atoms with Crippen LogP contribution in [0.15, 0.2) is 54.6 Å². The van der Waals surface area contributed by atoms with Crippen molar-refractivity contribution in [3.8, 4) is 5.75 Å². The Bertz CT molecular complexity index is 722. The molecule has 124 valence electrons. The van der Waals surface area contributed by atoms with Crippen molar-refractivity contribution in [2.75, 3.05) is 6.61 Å². The Hall–Kier alpha value is -2.95. The molecule has 0 aromatic heterocycles. The van der Waals surface area contributed by atoms with E-state index < -0.39 is 17.7 Å². The Morgan fingerprint density at radius 2 is 1.54 bits per heavy atom. The van der Waals surface area contributed by atoms with Gasteiger partial charge in [0.05, 0.1) is 12.2 Å². The van der Waals surface area contributed by atoms with Crippen LogP contribution in [0.2, 0.25) is 0 Å². The minimum Gasteiger partial charge on any atom is -0.434 e. The number of para-hydroxylation sites is 1. The highest BCUT2D eigenvalue weighted by Crippen LogP contribution is 2.21. The van der Waals surface area contributed by atoms with Crippen molar-refractivity contribution in [1.29, 1.82) is 0 Å². The molecule has 0 bridgehead atoms. The zero-order valence-corrected chi connectivity index (χ0v) is 13.4. The van der Waals surface area contributed by atoms with E-state index in [0.717, 1.165) is 12.8 Å². The highest BCUT2D eigenvalue weighted by atomic mass is 16.7. The summed E-state index contributed by atoms with van der Waals surface area (Å²) in [6.07, 6.45) is 0.715. The monoisotopic (exact) mass is 326 g/mol. The lowest BCUT2D eigenvalue weighted by Crippen LogP contribution is -2.18. The predicted molar refractivity (Wildman–Crippen MR) is 88.4 cm³/mol. The molecule has 0 spiro atoms. The molecule has 2 aromatic rings. The van der Waals surface area contributed by atoms with Gasteiger partial charge in [-0.05, 0) is 18.6 Å². The zero-order valence-electron chi connectivity index (χ0n) is 13.4. The number of Topliss-reactive ketones (excluding diaryl/α,β-unsaturated/α-hetero) is 2. The minimum atomic E-state index is -0.893. The van der Waals surface area contributed by atoms with Gasteiger partial charge in [0, 0.05) is 5.56 Å². The maximum Gasteiger partial charge on any atom is 0.513 e. The van der Waals surface area contributed by atoms with Crippen molar-refractivity contribution >= 4 is 17.7 Å². The summed E-state index contributed by atoms with van der Waals surface area (Å²) in [5.74, 6) is -1.39. The molecule has 0 saturated heterocycles. The first-order chi connectivity index (χ1) is 11.6. The third-order valence-corrected chi connectivity index (χ3v) is 3.28. The van der Waals surface area contributed by atoms with E-state index in [9.17, 15) is 14.4 Å². The van der Waals surface area contributed by atoms with E-state index in [1.807, 2.05) is 6.92 Å². The van der Waals surface area contributed by atoms with Crippen LogP contribution in [0.1, 0.15) is 40.5 Å². The number of ketones is 2. The second-order valence-corrected chi connectivity index (χ2v) is 5.07. The van der Waals surface area contributed by atoms with Gasteiger partial charge in [-0.15, -0.1) is 0 Å². The molecule has 0 amide bonds. The molecule has 0 fully saturated rings. The lowest BCUT2D eigenvalue weighted by molar-refractivity contribution is 0.0808. The van der Waals surface area contributed by atoms with Crippen LogP contribution in [0.4, 0.5) is 4.79 Å². The molecule has 5 nitrogen and oxygen atoms in total. The van der Waals surface area contributed by atoms with Crippen LogP contribution < -0.4 is 4.74 Å². The summed E-state index contributed by atoms with van der Waals surface area (Å²) in [4.78, 5) is 36.4. The van der Waals surface area contributed by atoms with Gasteiger partial charge in [-0.2, -0.15) is 0 Å². The van der Waals surface area contributed by atoms with Crippen LogP contribution in [0.25, 0.3) is 0 Å². The first kappa shape index (κ1) is 17.4. The number of ether oxygens (including phenoxy) is 2. The van der Waals surface area contributed by atoms with E-state index in [0.29, 0.717) is 0 Å². The summed E-state index contributed by atoms with van der Waals surface area (Å²) in [5, 5.41) is 0. The number of carbonyl (C=O) groups is 3. The van der Waals surface area contributed by atoms with E-state index in [-0.39, 0.29) is 23.5 Å². The first-order valence-corrected chi connectivity index (χ1v) is 7.71. The van der Waals surface area contributed by atoms with Gasteiger partial charge in [0.25, 0.3) is 0 Å². The Morgan fingerprint density at radius 3 is 2.25 bits per heavy atom. The molecular weight excluding hydrogens is 308 g/mol. The number of unbranched alkanes of at least 4 members (excludes halogenated alkanes) is 1. The van der Waals surface area contributed by atoms with E-state index >= 15 is 0 Å². The first-order valence-electron chi connectivity index (χ1n) is 7.71. The molecule has 2 rings (SSSR count). The summed E-state index contributed by atoms with van der Waals surface area (Å²) < 4.78 is 9.97. The van der Waals surface area contributed by atoms with Gasteiger partial charge in [0.2, 0.25) is 11.6 Å². The van der Waals surface area contributed by atoms with E-state index in [4.69, 9.17) is 9.47 Å².